The molecule has 188 valence electrons. The van der Waals surface area contributed by atoms with Gasteiger partial charge in [-0.25, -0.2) is 8.78 Å². The number of aryl methyl sites for hydroxylation is 2. The molecule has 0 N–H and O–H groups in total. The largest absolute Gasteiger partial charge is 0.484 e. The number of methoxy groups -OCH3 is 1. The number of benzene rings is 4. The van der Waals surface area contributed by atoms with Crippen LogP contribution in [0.25, 0.3) is 21.9 Å². The molecule has 4 rings (SSSR count). The lowest BCUT2D eigenvalue weighted by molar-refractivity contribution is -0.153. The minimum atomic E-state index is -4.39. The number of hydrogen-bond donors (Lipinski definition) is 0. The highest BCUT2D eigenvalue weighted by molar-refractivity contribution is 5.88. The summed E-state index contributed by atoms with van der Waals surface area (Å²) in [4.78, 5) is 0. The van der Waals surface area contributed by atoms with Crippen molar-refractivity contribution >= 4 is 10.8 Å². The number of halogens is 5. The molecule has 0 aromatic heterocycles. The number of fused-ring (bicyclic) bond motifs is 1. The molecule has 0 unspecified atom stereocenters. The third-order valence-corrected chi connectivity index (χ3v) is 5.98. The summed E-state index contributed by atoms with van der Waals surface area (Å²) in [7, 11) is 1.60. The van der Waals surface area contributed by atoms with E-state index in [1.54, 1.807) is 49.6 Å². The normalized spacial score (nSPS) is 11.7. The van der Waals surface area contributed by atoms with Crippen molar-refractivity contribution in [3.05, 3.63) is 101 Å². The molecule has 0 aliphatic rings. The highest BCUT2D eigenvalue weighted by Crippen LogP contribution is 2.30. The Labute approximate surface area is 206 Å². The molecule has 0 radical (unpaired) electrons. The Bertz CT molecular complexity index is 1330. The zero-order valence-electron chi connectivity index (χ0n) is 19.7. The maximum Gasteiger partial charge on any atom is 0.422 e. The summed E-state index contributed by atoms with van der Waals surface area (Å²) in [5.74, 6) is -0.542. The molecule has 2 nitrogen and oxygen atoms in total. The Balaban J connectivity index is 1.46. The molecule has 7 heteroatoms. The number of hydrogen-bond acceptors (Lipinski definition) is 2. The zero-order chi connectivity index (χ0) is 25.7. The van der Waals surface area contributed by atoms with Crippen LogP contribution in [0.2, 0.25) is 0 Å². The van der Waals surface area contributed by atoms with Crippen LogP contribution in [0.4, 0.5) is 22.0 Å². The van der Waals surface area contributed by atoms with Crippen molar-refractivity contribution in [1.82, 2.24) is 0 Å². The molecular formula is C29H25F5O2. The standard InChI is InChI=1S/C29H25F5O2/c1-35-15-14-20-5-12-25(27(30)16-20)22-9-13-26-23(17-22)8-7-21(28(26)31)6-2-19-3-10-24(11-4-19)36-18-29(32,33)34/h3-5,7-13,16-17H,2,6,14-15,18H2,1H3. The summed E-state index contributed by atoms with van der Waals surface area (Å²) < 4.78 is 76.5. The first-order valence-electron chi connectivity index (χ1n) is 11.5. The number of rotatable bonds is 9. The van der Waals surface area contributed by atoms with Crippen LogP contribution in [0, 0.1) is 11.6 Å². The predicted molar refractivity (Wildman–Crippen MR) is 130 cm³/mol. The fraction of sp³-hybridized carbons (Fsp3) is 0.241. The molecule has 0 aliphatic heterocycles. The third kappa shape index (κ3) is 6.40. The molecular weight excluding hydrogens is 475 g/mol. The van der Waals surface area contributed by atoms with Crippen molar-refractivity contribution in [3.8, 4) is 16.9 Å². The van der Waals surface area contributed by atoms with E-state index in [1.165, 1.54) is 18.2 Å². The smallest absolute Gasteiger partial charge is 0.422 e. The van der Waals surface area contributed by atoms with Gasteiger partial charge in [-0.05, 0) is 71.2 Å². The Morgan fingerprint density at radius 1 is 0.750 bits per heavy atom. The van der Waals surface area contributed by atoms with E-state index in [4.69, 9.17) is 9.47 Å². The lowest BCUT2D eigenvalue weighted by Crippen LogP contribution is -2.19. The van der Waals surface area contributed by atoms with Gasteiger partial charge in [-0.3, -0.25) is 0 Å². The van der Waals surface area contributed by atoms with Gasteiger partial charge in [0.05, 0.1) is 6.61 Å². The van der Waals surface area contributed by atoms with Gasteiger partial charge in [-0.15, -0.1) is 0 Å². The predicted octanol–water partition coefficient (Wildman–Crippen LogP) is 7.70. The maximum absolute atomic E-state index is 15.2. The molecule has 0 saturated heterocycles. The monoisotopic (exact) mass is 500 g/mol. The molecule has 4 aromatic carbocycles. The van der Waals surface area contributed by atoms with Crippen LogP contribution in [0.5, 0.6) is 5.75 Å². The van der Waals surface area contributed by atoms with Crippen molar-refractivity contribution in [2.75, 3.05) is 20.3 Å². The summed E-state index contributed by atoms with van der Waals surface area (Å²) >= 11 is 0. The van der Waals surface area contributed by atoms with E-state index in [1.807, 2.05) is 12.1 Å². The Kier molecular flexibility index (Phi) is 7.89. The van der Waals surface area contributed by atoms with E-state index in [0.29, 0.717) is 53.3 Å². The second-order valence-corrected chi connectivity index (χ2v) is 8.58. The molecule has 0 fully saturated rings. The molecule has 0 heterocycles. The summed E-state index contributed by atoms with van der Waals surface area (Å²) in [6, 6.07) is 20.1. The van der Waals surface area contributed by atoms with E-state index in [2.05, 4.69) is 0 Å². The van der Waals surface area contributed by atoms with Crippen LogP contribution in [0.3, 0.4) is 0 Å². The Hall–Kier alpha value is -3.45. The van der Waals surface area contributed by atoms with Crippen molar-refractivity contribution in [1.29, 1.82) is 0 Å². The molecule has 0 amide bonds. The van der Waals surface area contributed by atoms with Crippen LogP contribution in [0.1, 0.15) is 16.7 Å². The summed E-state index contributed by atoms with van der Waals surface area (Å²) in [5, 5.41) is 1.12. The fourth-order valence-electron chi connectivity index (χ4n) is 4.06. The van der Waals surface area contributed by atoms with Crippen molar-refractivity contribution in [3.63, 3.8) is 0 Å². The van der Waals surface area contributed by atoms with Crippen LogP contribution in [-0.4, -0.2) is 26.5 Å². The first kappa shape index (κ1) is 25.6. The van der Waals surface area contributed by atoms with Gasteiger partial charge in [0.1, 0.15) is 17.4 Å². The van der Waals surface area contributed by atoms with Crippen molar-refractivity contribution < 1.29 is 31.4 Å². The number of alkyl halides is 3. The van der Waals surface area contributed by atoms with Crippen LogP contribution >= 0.6 is 0 Å². The van der Waals surface area contributed by atoms with Gasteiger partial charge in [0.2, 0.25) is 0 Å². The van der Waals surface area contributed by atoms with E-state index in [0.717, 1.165) is 11.1 Å². The first-order valence-corrected chi connectivity index (χ1v) is 11.5. The topological polar surface area (TPSA) is 18.5 Å². The summed E-state index contributed by atoms with van der Waals surface area (Å²) in [5.41, 5.74) is 3.34. The molecule has 0 aliphatic carbocycles. The van der Waals surface area contributed by atoms with Gasteiger partial charge in [0.15, 0.2) is 6.61 Å². The SMILES string of the molecule is COCCc1ccc(-c2ccc3c(F)c(CCc4ccc(OCC(F)(F)F)cc4)ccc3c2)c(F)c1. The molecule has 36 heavy (non-hydrogen) atoms. The van der Waals surface area contributed by atoms with Gasteiger partial charge >= 0.3 is 6.18 Å². The summed E-state index contributed by atoms with van der Waals surface area (Å²) in [6.45, 7) is -0.833. The molecule has 0 atom stereocenters. The highest BCUT2D eigenvalue weighted by atomic mass is 19.4. The Morgan fingerprint density at radius 2 is 1.50 bits per heavy atom. The third-order valence-electron chi connectivity index (χ3n) is 5.98. The number of ether oxygens (including phenoxy) is 2. The average molecular weight is 501 g/mol. The molecule has 4 aromatic rings. The van der Waals surface area contributed by atoms with Crippen molar-refractivity contribution in [2.24, 2.45) is 0 Å². The van der Waals surface area contributed by atoms with Crippen LogP contribution < -0.4 is 4.74 Å². The van der Waals surface area contributed by atoms with Crippen LogP contribution in [0.15, 0.2) is 72.8 Å². The van der Waals surface area contributed by atoms with Crippen LogP contribution in [-0.2, 0) is 24.0 Å². The van der Waals surface area contributed by atoms with Gasteiger partial charge < -0.3 is 9.47 Å². The minimum Gasteiger partial charge on any atom is -0.484 e. The lowest BCUT2D eigenvalue weighted by atomic mass is 9.96. The average Bonchev–Trinajstić information content (AvgIpc) is 2.86. The lowest BCUT2D eigenvalue weighted by Gasteiger charge is -2.11. The van der Waals surface area contributed by atoms with E-state index in [-0.39, 0.29) is 17.4 Å². The fourth-order valence-corrected chi connectivity index (χ4v) is 4.06. The summed E-state index contributed by atoms with van der Waals surface area (Å²) in [6.07, 6.45) is -2.84. The maximum atomic E-state index is 15.2. The van der Waals surface area contributed by atoms with Gasteiger partial charge in [0, 0.05) is 18.1 Å². The highest BCUT2D eigenvalue weighted by Gasteiger charge is 2.28. The van der Waals surface area contributed by atoms with E-state index < -0.39 is 12.8 Å². The van der Waals surface area contributed by atoms with E-state index >= 15 is 4.39 Å². The Morgan fingerprint density at radius 3 is 2.19 bits per heavy atom. The van der Waals surface area contributed by atoms with Crippen molar-refractivity contribution in [2.45, 2.75) is 25.4 Å². The minimum absolute atomic E-state index is 0.129. The zero-order valence-corrected chi connectivity index (χ0v) is 19.7. The second kappa shape index (κ2) is 11.1. The molecule has 0 spiro atoms. The van der Waals surface area contributed by atoms with Gasteiger partial charge in [0.25, 0.3) is 0 Å². The molecule has 0 bridgehead atoms. The van der Waals surface area contributed by atoms with E-state index in [9.17, 15) is 17.6 Å². The quantitative estimate of drug-likeness (QED) is 0.219. The van der Waals surface area contributed by atoms with Gasteiger partial charge in [-0.1, -0.05) is 48.5 Å². The molecule has 0 saturated carbocycles. The van der Waals surface area contributed by atoms with Gasteiger partial charge in [-0.2, -0.15) is 13.2 Å². The first-order chi connectivity index (χ1) is 17.2. The second-order valence-electron chi connectivity index (χ2n) is 8.58.